The molecule has 0 heterocycles. The normalized spacial score (nSPS) is 17.6. The summed E-state index contributed by atoms with van der Waals surface area (Å²) < 4.78 is 5.23. The third-order valence-corrected chi connectivity index (χ3v) is 2.65. The van der Waals surface area contributed by atoms with Crippen LogP contribution in [-0.2, 0) is 9.53 Å². The molecule has 0 amide bonds. The lowest BCUT2D eigenvalue weighted by Gasteiger charge is -2.25. The SMILES string of the molecule is CC/C=C/C(C)(CC(CC)OC)C(=O)O. The quantitative estimate of drug-likeness (QED) is 0.663. The molecular weight excluding hydrogens is 192 g/mol. The molecule has 0 aromatic carbocycles. The first kappa shape index (κ1) is 14.2. The van der Waals surface area contributed by atoms with Crippen molar-refractivity contribution in [3.8, 4) is 0 Å². The van der Waals surface area contributed by atoms with Gasteiger partial charge in [-0.3, -0.25) is 4.79 Å². The molecule has 0 saturated heterocycles. The molecular formula is C12H22O3. The minimum atomic E-state index is -0.813. The summed E-state index contributed by atoms with van der Waals surface area (Å²) in [5.41, 5.74) is -0.813. The van der Waals surface area contributed by atoms with E-state index in [9.17, 15) is 9.90 Å². The van der Waals surface area contributed by atoms with Crippen molar-refractivity contribution in [2.45, 2.75) is 46.1 Å². The number of hydrogen-bond donors (Lipinski definition) is 1. The molecule has 88 valence electrons. The van der Waals surface area contributed by atoms with Crippen LogP contribution in [0.15, 0.2) is 12.2 Å². The summed E-state index contributed by atoms with van der Waals surface area (Å²) >= 11 is 0. The molecule has 2 atom stereocenters. The van der Waals surface area contributed by atoms with Crippen molar-refractivity contribution in [1.29, 1.82) is 0 Å². The summed E-state index contributed by atoms with van der Waals surface area (Å²) in [6, 6.07) is 0. The zero-order valence-corrected chi connectivity index (χ0v) is 10.1. The van der Waals surface area contributed by atoms with Gasteiger partial charge in [0.25, 0.3) is 0 Å². The van der Waals surface area contributed by atoms with E-state index in [2.05, 4.69) is 0 Å². The van der Waals surface area contributed by atoms with Crippen LogP contribution < -0.4 is 0 Å². The lowest BCUT2D eigenvalue weighted by Crippen LogP contribution is -2.30. The molecule has 15 heavy (non-hydrogen) atoms. The molecule has 0 spiro atoms. The van der Waals surface area contributed by atoms with Crippen LogP contribution in [-0.4, -0.2) is 24.3 Å². The Morgan fingerprint density at radius 2 is 2.13 bits per heavy atom. The van der Waals surface area contributed by atoms with E-state index in [1.165, 1.54) is 0 Å². The van der Waals surface area contributed by atoms with Gasteiger partial charge in [0.1, 0.15) is 0 Å². The summed E-state index contributed by atoms with van der Waals surface area (Å²) in [4.78, 5) is 11.2. The summed E-state index contributed by atoms with van der Waals surface area (Å²) in [6.45, 7) is 5.73. The minimum absolute atomic E-state index is 0.00704. The number of ether oxygens (including phenoxy) is 1. The van der Waals surface area contributed by atoms with Crippen molar-refractivity contribution < 1.29 is 14.6 Å². The van der Waals surface area contributed by atoms with Crippen LogP contribution in [0.5, 0.6) is 0 Å². The molecule has 0 radical (unpaired) electrons. The Bertz CT molecular complexity index is 219. The number of carbonyl (C=O) groups is 1. The molecule has 0 aromatic heterocycles. The van der Waals surface area contributed by atoms with Crippen molar-refractivity contribution >= 4 is 5.97 Å². The van der Waals surface area contributed by atoms with Gasteiger partial charge in [-0.15, -0.1) is 0 Å². The zero-order chi connectivity index (χ0) is 11.9. The Labute approximate surface area is 92.1 Å². The number of carboxylic acid groups (broad SMARTS) is 1. The summed E-state index contributed by atoms with van der Waals surface area (Å²) in [5.74, 6) is -0.789. The van der Waals surface area contributed by atoms with E-state index < -0.39 is 11.4 Å². The van der Waals surface area contributed by atoms with Crippen molar-refractivity contribution in [2.75, 3.05) is 7.11 Å². The van der Waals surface area contributed by atoms with Crippen LogP contribution in [0.2, 0.25) is 0 Å². The molecule has 0 fully saturated rings. The van der Waals surface area contributed by atoms with E-state index in [0.29, 0.717) is 6.42 Å². The maximum Gasteiger partial charge on any atom is 0.313 e. The minimum Gasteiger partial charge on any atom is -0.481 e. The Balaban J connectivity index is 4.64. The molecule has 0 aliphatic carbocycles. The number of rotatable bonds is 7. The highest BCUT2D eigenvalue weighted by atomic mass is 16.5. The molecule has 0 bridgehead atoms. The Hall–Kier alpha value is -0.830. The molecule has 1 N–H and O–H groups in total. The van der Waals surface area contributed by atoms with Gasteiger partial charge in [0, 0.05) is 7.11 Å². The third-order valence-electron chi connectivity index (χ3n) is 2.65. The molecule has 3 heteroatoms. The topological polar surface area (TPSA) is 46.5 Å². The first-order valence-electron chi connectivity index (χ1n) is 5.44. The lowest BCUT2D eigenvalue weighted by molar-refractivity contribution is -0.147. The highest BCUT2D eigenvalue weighted by molar-refractivity contribution is 5.76. The molecule has 3 nitrogen and oxygen atoms in total. The number of methoxy groups -OCH3 is 1. The lowest BCUT2D eigenvalue weighted by atomic mass is 9.83. The van der Waals surface area contributed by atoms with Crippen molar-refractivity contribution in [2.24, 2.45) is 5.41 Å². The average molecular weight is 214 g/mol. The smallest absolute Gasteiger partial charge is 0.313 e. The summed E-state index contributed by atoms with van der Waals surface area (Å²) in [6.07, 6.45) is 5.89. The van der Waals surface area contributed by atoms with E-state index in [0.717, 1.165) is 12.8 Å². The van der Waals surface area contributed by atoms with Crippen LogP contribution in [0.1, 0.15) is 40.0 Å². The molecule has 0 saturated carbocycles. The van der Waals surface area contributed by atoms with Gasteiger partial charge in [-0.1, -0.05) is 26.0 Å². The second kappa shape index (κ2) is 6.62. The monoisotopic (exact) mass is 214 g/mol. The van der Waals surface area contributed by atoms with Gasteiger partial charge in [-0.05, 0) is 26.2 Å². The Morgan fingerprint density at radius 1 is 1.53 bits per heavy atom. The van der Waals surface area contributed by atoms with E-state index in [1.54, 1.807) is 20.1 Å². The van der Waals surface area contributed by atoms with Gasteiger partial charge in [0.2, 0.25) is 0 Å². The standard InChI is InChI=1S/C12H22O3/c1-5-7-8-12(3,11(13)14)9-10(6-2)15-4/h7-8,10H,5-6,9H2,1-4H3,(H,13,14)/b8-7+. The third kappa shape index (κ3) is 4.47. The molecule has 0 rings (SSSR count). The molecule has 0 aliphatic heterocycles. The van der Waals surface area contributed by atoms with E-state index in [-0.39, 0.29) is 6.10 Å². The van der Waals surface area contributed by atoms with Crippen LogP contribution in [0.4, 0.5) is 0 Å². The van der Waals surface area contributed by atoms with Gasteiger partial charge in [0.15, 0.2) is 0 Å². The Kier molecular flexibility index (Phi) is 6.25. The molecule has 0 aliphatic rings. The van der Waals surface area contributed by atoms with Crippen molar-refractivity contribution in [1.82, 2.24) is 0 Å². The number of allylic oxidation sites excluding steroid dienone is 1. The van der Waals surface area contributed by atoms with Crippen LogP contribution in [0, 0.1) is 5.41 Å². The largest absolute Gasteiger partial charge is 0.481 e. The van der Waals surface area contributed by atoms with E-state index in [4.69, 9.17) is 4.74 Å². The van der Waals surface area contributed by atoms with Gasteiger partial charge in [0.05, 0.1) is 11.5 Å². The molecule has 0 aromatic rings. The van der Waals surface area contributed by atoms with Gasteiger partial charge >= 0.3 is 5.97 Å². The zero-order valence-electron chi connectivity index (χ0n) is 10.1. The van der Waals surface area contributed by atoms with Gasteiger partial charge < -0.3 is 9.84 Å². The van der Waals surface area contributed by atoms with Crippen LogP contribution in [0.3, 0.4) is 0 Å². The Morgan fingerprint density at radius 3 is 2.47 bits per heavy atom. The number of carboxylic acids is 1. The van der Waals surface area contributed by atoms with E-state index >= 15 is 0 Å². The van der Waals surface area contributed by atoms with Crippen LogP contribution in [0.25, 0.3) is 0 Å². The summed E-state index contributed by atoms with van der Waals surface area (Å²) in [7, 11) is 1.62. The van der Waals surface area contributed by atoms with Crippen molar-refractivity contribution in [3.63, 3.8) is 0 Å². The fraction of sp³-hybridized carbons (Fsp3) is 0.750. The maximum absolute atomic E-state index is 11.2. The van der Waals surface area contributed by atoms with E-state index in [1.807, 2.05) is 19.9 Å². The van der Waals surface area contributed by atoms with Crippen LogP contribution >= 0.6 is 0 Å². The maximum atomic E-state index is 11.2. The highest BCUT2D eigenvalue weighted by Gasteiger charge is 2.32. The first-order valence-corrected chi connectivity index (χ1v) is 5.44. The first-order chi connectivity index (χ1) is 7.00. The average Bonchev–Trinajstić information content (AvgIpc) is 2.22. The number of hydrogen-bond acceptors (Lipinski definition) is 2. The highest BCUT2D eigenvalue weighted by Crippen LogP contribution is 2.27. The second-order valence-electron chi connectivity index (χ2n) is 4.00. The number of aliphatic carboxylic acids is 1. The van der Waals surface area contributed by atoms with Crippen molar-refractivity contribution in [3.05, 3.63) is 12.2 Å². The predicted octanol–water partition coefficient (Wildman–Crippen LogP) is 2.86. The summed E-state index contributed by atoms with van der Waals surface area (Å²) in [5, 5.41) is 9.19. The van der Waals surface area contributed by atoms with Gasteiger partial charge in [-0.25, -0.2) is 0 Å². The predicted molar refractivity (Wildman–Crippen MR) is 60.9 cm³/mol. The second-order valence-corrected chi connectivity index (χ2v) is 4.00. The molecule has 2 unspecified atom stereocenters. The fourth-order valence-electron chi connectivity index (χ4n) is 1.47. The van der Waals surface area contributed by atoms with Gasteiger partial charge in [-0.2, -0.15) is 0 Å². The fourth-order valence-corrected chi connectivity index (χ4v) is 1.47.